The Morgan fingerprint density at radius 3 is 2.50 bits per heavy atom. The molecule has 0 aliphatic heterocycles. The van der Waals surface area contributed by atoms with Gasteiger partial charge in [0.15, 0.2) is 0 Å². The van der Waals surface area contributed by atoms with Crippen molar-refractivity contribution in [1.29, 1.82) is 0 Å². The van der Waals surface area contributed by atoms with E-state index >= 15 is 0 Å². The molecule has 1 aromatic heterocycles. The Morgan fingerprint density at radius 1 is 1.35 bits per heavy atom. The Kier molecular flexibility index (Phi) is 5.95. The fraction of sp³-hybridized carbons (Fsp3) is 0.600. The van der Waals surface area contributed by atoms with Crippen LogP contribution in [-0.2, 0) is 9.47 Å². The maximum absolute atomic E-state index is 12.2. The largest absolute Gasteiger partial charge is 0.462 e. The molecular formula is C15H23NO4. The standard InChI is InChI=1S/C15H23NO4/c1-6-12(9-19-5)16-11(4)14(15(18)20-7-2)10(3)8-13(16)17/h8,12H,6-7,9H2,1-5H3. The first-order valence-electron chi connectivity index (χ1n) is 6.86. The van der Waals surface area contributed by atoms with Gasteiger partial charge in [-0.25, -0.2) is 4.79 Å². The van der Waals surface area contributed by atoms with Crippen LogP contribution in [-0.4, -0.2) is 30.9 Å². The molecule has 0 saturated heterocycles. The van der Waals surface area contributed by atoms with E-state index in [4.69, 9.17) is 9.47 Å². The third-order valence-electron chi connectivity index (χ3n) is 3.37. The molecule has 1 atom stereocenters. The van der Waals surface area contributed by atoms with Crippen LogP contribution in [0.1, 0.15) is 47.9 Å². The number of nitrogens with zero attached hydrogens (tertiary/aromatic N) is 1. The monoisotopic (exact) mass is 281 g/mol. The SMILES string of the molecule is CCOC(=O)c1c(C)cc(=O)n(C(CC)COC)c1C. The Balaban J connectivity index is 3.42. The maximum atomic E-state index is 12.2. The van der Waals surface area contributed by atoms with Crippen LogP contribution in [0.2, 0.25) is 0 Å². The van der Waals surface area contributed by atoms with Gasteiger partial charge in [-0.2, -0.15) is 0 Å². The first-order chi connectivity index (χ1) is 9.47. The van der Waals surface area contributed by atoms with E-state index in [2.05, 4.69) is 0 Å². The molecule has 0 aliphatic rings. The number of aryl methyl sites for hydroxylation is 1. The molecule has 0 spiro atoms. The highest BCUT2D eigenvalue weighted by Crippen LogP contribution is 2.18. The molecule has 1 unspecified atom stereocenters. The van der Waals surface area contributed by atoms with E-state index in [9.17, 15) is 9.59 Å². The van der Waals surface area contributed by atoms with Crippen molar-refractivity contribution in [2.24, 2.45) is 0 Å². The summed E-state index contributed by atoms with van der Waals surface area (Å²) in [6, 6.07) is 1.40. The van der Waals surface area contributed by atoms with Gasteiger partial charge < -0.3 is 14.0 Å². The third kappa shape index (κ3) is 3.28. The zero-order valence-electron chi connectivity index (χ0n) is 12.9. The summed E-state index contributed by atoms with van der Waals surface area (Å²) in [5.41, 5.74) is 1.64. The van der Waals surface area contributed by atoms with Crippen molar-refractivity contribution in [3.63, 3.8) is 0 Å². The van der Waals surface area contributed by atoms with Gasteiger partial charge in [-0.3, -0.25) is 4.79 Å². The van der Waals surface area contributed by atoms with Crippen LogP contribution in [0.25, 0.3) is 0 Å². The predicted octanol–water partition coefficient (Wildman–Crippen LogP) is 2.24. The minimum atomic E-state index is -0.386. The van der Waals surface area contributed by atoms with Gasteiger partial charge >= 0.3 is 5.97 Å². The van der Waals surface area contributed by atoms with Gasteiger partial charge in [0.2, 0.25) is 0 Å². The van der Waals surface area contributed by atoms with Crippen LogP contribution in [0.15, 0.2) is 10.9 Å². The van der Waals surface area contributed by atoms with Crippen LogP contribution in [0, 0.1) is 13.8 Å². The van der Waals surface area contributed by atoms with Crippen molar-refractivity contribution >= 4 is 5.97 Å². The van der Waals surface area contributed by atoms with Crippen LogP contribution in [0.4, 0.5) is 0 Å². The molecule has 5 heteroatoms. The molecule has 0 aromatic carbocycles. The van der Waals surface area contributed by atoms with E-state index in [0.29, 0.717) is 30.0 Å². The number of esters is 1. The van der Waals surface area contributed by atoms with Crippen molar-refractivity contribution < 1.29 is 14.3 Å². The maximum Gasteiger partial charge on any atom is 0.340 e. The van der Waals surface area contributed by atoms with Gasteiger partial charge in [-0.15, -0.1) is 0 Å². The lowest BCUT2D eigenvalue weighted by atomic mass is 10.1. The van der Waals surface area contributed by atoms with Crippen molar-refractivity contribution in [1.82, 2.24) is 4.57 Å². The summed E-state index contributed by atoms with van der Waals surface area (Å²) in [6.07, 6.45) is 0.750. The van der Waals surface area contributed by atoms with Crippen LogP contribution in [0.3, 0.4) is 0 Å². The lowest BCUT2D eigenvalue weighted by Gasteiger charge is -2.22. The summed E-state index contributed by atoms with van der Waals surface area (Å²) < 4.78 is 11.9. The first kappa shape index (κ1) is 16.4. The summed E-state index contributed by atoms with van der Waals surface area (Å²) in [5, 5.41) is 0. The van der Waals surface area contributed by atoms with Gasteiger partial charge in [-0.05, 0) is 32.8 Å². The van der Waals surface area contributed by atoms with Crippen LogP contribution >= 0.6 is 0 Å². The Hall–Kier alpha value is -1.62. The van der Waals surface area contributed by atoms with Gasteiger partial charge in [0.05, 0.1) is 24.8 Å². The van der Waals surface area contributed by atoms with Crippen LogP contribution < -0.4 is 5.56 Å². The quantitative estimate of drug-likeness (QED) is 0.750. The molecule has 0 bridgehead atoms. The second kappa shape index (κ2) is 7.24. The molecule has 0 saturated carbocycles. The minimum Gasteiger partial charge on any atom is -0.462 e. The molecular weight excluding hydrogens is 258 g/mol. The van der Waals surface area contributed by atoms with Crippen molar-refractivity contribution in [2.45, 2.75) is 40.2 Å². The van der Waals surface area contributed by atoms with Gasteiger partial charge in [-0.1, -0.05) is 6.92 Å². The minimum absolute atomic E-state index is 0.0822. The lowest BCUT2D eigenvalue weighted by Crippen LogP contribution is -2.31. The number of hydrogen-bond donors (Lipinski definition) is 0. The molecule has 112 valence electrons. The van der Waals surface area contributed by atoms with E-state index in [1.807, 2.05) is 6.92 Å². The number of carbonyl (C=O) groups is 1. The summed E-state index contributed by atoms with van der Waals surface area (Å²) in [5.74, 6) is -0.386. The fourth-order valence-electron chi connectivity index (χ4n) is 2.43. The molecule has 1 aromatic rings. The van der Waals surface area contributed by atoms with Crippen LogP contribution in [0.5, 0.6) is 0 Å². The topological polar surface area (TPSA) is 57.5 Å². The predicted molar refractivity (Wildman–Crippen MR) is 77.3 cm³/mol. The third-order valence-corrected chi connectivity index (χ3v) is 3.37. The van der Waals surface area contributed by atoms with Crippen molar-refractivity contribution in [3.05, 3.63) is 33.2 Å². The molecule has 0 fully saturated rings. The fourth-order valence-corrected chi connectivity index (χ4v) is 2.43. The molecule has 1 heterocycles. The number of rotatable bonds is 6. The molecule has 5 nitrogen and oxygen atoms in total. The number of aromatic nitrogens is 1. The molecule has 0 N–H and O–H groups in total. The van der Waals surface area contributed by atoms with Gasteiger partial charge in [0.25, 0.3) is 5.56 Å². The normalized spacial score (nSPS) is 12.2. The number of carbonyl (C=O) groups excluding carboxylic acids is 1. The van der Waals surface area contributed by atoms with Gasteiger partial charge in [0, 0.05) is 18.9 Å². The average Bonchev–Trinajstić information content (AvgIpc) is 2.37. The first-order valence-corrected chi connectivity index (χ1v) is 6.86. The number of methoxy groups -OCH3 is 1. The molecule has 1 rings (SSSR count). The van der Waals surface area contributed by atoms with E-state index in [1.165, 1.54) is 6.07 Å². The molecule has 0 radical (unpaired) electrons. The second-order valence-electron chi connectivity index (χ2n) is 4.73. The summed E-state index contributed by atoms with van der Waals surface area (Å²) >= 11 is 0. The molecule has 20 heavy (non-hydrogen) atoms. The summed E-state index contributed by atoms with van der Waals surface area (Å²) in [6.45, 7) is 8.02. The molecule has 0 amide bonds. The molecule has 0 aliphatic carbocycles. The van der Waals surface area contributed by atoms with Gasteiger partial charge in [0.1, 0.15) is 0 Å². The highest BCUT2D eigenvalue weighted by atomic mass is 16.5. The highest BCUT2D eigenvalue weighted by Gasteiger charge is 2.21. The Bertz CT molecular complexity index is 533. The van der Waals surface area contributed by atoms with E-state index in [1.54, 1.807) is 32.4 Å². The lowest BCUT2D eigenvalue weighted by molar-refractivity contribution is 0.0522. The average molecular weight is 281 g/mol. The number of hydrogen-bond acceptors (Lipinski definition) is 4. The Morgan fingerprint density at radius 2 is 2.00 bits per heavy atom. The smallest absolute Gasteiger partial charge is 0.340 e. The Labute approximate surface area is 119 Å². The summed E-state index contributed by atoms with van der Waals surface area (Å²) in [4.78, 5) is 24.3. The summed E-state index contributed by atoms with van der Waals surface area (Å²) in [7, 11) is 1.60. The number of ether oxygens (including phenoxy) is 2. The number of pyridine rings is 1. The zero-order chi connectivity index (χ0) is 15.3. The highest BCUT2D eigenvalue weighted by molar-refractivity contribution is 5.92. The van der Waals surface area contributed by atoms with E-state index < -0.39 is 0 Å². The van der Waals surface area contributed by atoms with Crippen molar-refractivity contribution in [3.8, 4) is 0 Å². The zero-order valence-corrected chi connectivity index (χ0v) is 12.9. The second-order valence-corrected chi connectivity index (χ2v) is 4.73. The van der Waals surface area contributed by atoms with E-state index in [0.717, 1.165) is 6.42 Å². The van der Waals surface area contributed by atoms with Crippen molar-refractivity contribution in [2.75, 3.05) is 20.3 Å². The van der Waals surface area contributed by atoms with E-state index in [-0.39, 0.29) is 17.6 Å².